The van der Waals surface area contributed by atoms with Crippen LogP contribution in [0.5, 0.6) is 0 Å². The first-order valence-corrected chi connectivity index (χ1v) is 8.96. The molecule has 0 unspecified atom stereocenters. The summed E-state index contributed by atoms with van der Waals surface area (Å²) in [5, 5.41) is 0. The molecule has 3 rings (SSSR count). The SMILES string of the molecule is CN(C)CCn1ccnc1[C@H]1CCCN(C(=O)Cc2cccnc2)C1. The van der Waals surface area contributed by atoms with E-state index < -0.39 is 0 Å². The Kier molecular flexibility index (Phi) is 5.81. The lowest BCUT2D eigenvalue weighted by molar-refractivity contribution is -0.131. The van der Waals surface area contributed by atoms with Crippen LogP contribution in [0.15, 0.2) is 36.9 Å². The number of amides is 1. The molecule has 0 N–H and O–H groups in total. The van der Waals surface area contributed by atoms with Crippen molar-refractivity contribution in [2.75, 3.05) is 33.7 Å². The Morgan fingerprint density at radius 2 is 2.24 bits per heavy atom. The Morgan fingerprint density at radius 3 is 3.00 bits per heavy atom. The summed E-state index contributed by atoms with van der Waals surface area (Å²) in [7, 11) is 4.16. The van der Waals surface area contributed by atoms with Crippen LogP contribution in [0.1, 0.15) is 30.1 Å². The zero-order valence-corrected chi connectivity index (χ0v) is 15.1. The van der Waals surface area contributed by atoms with E-state index in [-0.39, 0.29) is 5.91 Å². The number of imidazole rings is 1. The van der Waals surface area contributed by atoms with Gasteiger partial charge in [-0.15, -0.1) is 0 Å². The third-order valence-corrected chi connectivity index (χ3v) is 4.75. The molecular formula is C19H27N5O. The summed E-state index contributed by atoms with van der Waals surface area (Å²) >= 11 is 0. The molecule has 0 aliphatic carbocycles. The normalized spacial score (nSPS) is 17.9. The van der Waals surface area contributed by atoms with Gasteiger partial charge < -0.3 is 14.4 Å². The van der Waals surface area contributed by atoms with Crippen LogP contribution in [-0.4, -0.2) is 64.0 Å². The first kappa shape index (κ1) is 17.6. The van der Waals surface area contributed by atoms with Gasteiger partial charge in [0.05, 0.1) is 6.42 Å². The van der Waals surface area contributed by atoms with E-state index in [2.05, 4.69) is 39.7 Å². The van der Waals surface area contributed by atoms with Crippen molar-refractivity contribution >= 4 is 5.91 Å². The van der Waals surface area contributed by atoms with Crippen LogP contribution in [0, 0.1) is 0 Å². The average Bonchev–Trinajstić information content (AvgIpc) is 3.09. The summed E-state index contributed by atoms with van der Waals surface area (Å²) < 4.78 is 2.24. The van der Waals surface area contributed by atoms with Crippen molar-refractivity contribution in [3.8, 4) is 0 Å². The van der Waals surface area contributed by atoms with Gasteiger partial charge in [0.2, 0.25) is 5.91 Å². The maximum absolute atomic E-state index is 12.6. The Labute approximate surface area is 149 Å². The number of hydrogen-bond acceptors (Lipinski definition) is 4. The molecule has 0 saturated carbocycles. The minimum atomic E-state index is 0.184. The fourth-order valence-corrected chi connectivity index (χ4v) is 3.38. The van der Waals surface area contributed by atoms with Gasteiger partial charge in [0.25, 0.3) is 0 Å². The van der Waals surface area contributed by atoms with Crippen molar-refractivity contribution in [1.29, 1.82) is 0 Å². The predicted molar refractivity (Wildman–Crippen MR) is 97.3 cm³/mol. The largest absolute Gasteiger partial charge is 0.342 e. The highest BCUT2D eigenvalue weighted by molar-refractivity contribution is 5.78. The monoisotopic (exact) mass is 341 g/mol. The van der Waals surface area contributed by atoms with Crippen LogP contribution in [0.3, 0.4) is 0 Å². The number of carbonyl (C=O) groups excluding carboxylic acids is 1. The molecular weight excluding hydrogens is 314 g/mol. The molecule has 25 heavy (non-hydrogen) atoms. The molecule has 6 heteroatoms. The smallest absolute Gasteiger partial charge is 0.227 e. The van der Waals surface area contributed by atoms with E-state index in [9.17, 15) is 4.79 Å². The van der Waals surface area contributed by atoms with Crippen molar-refractivity contribution in [2.24, 2.45) is 0 Å². The van der Waals surface area contributed by atoms with Gasteiger partial charge in [-0.3, -0.25) is 9.78 Å². The Bertz CT molecular complexity index is 682. The summed E-state index contributed by atoms with van der Waals surface area (Å²) in [5.41, 5.74) is 0.974. The van der Waals surface area contributed by atoms with Crippen molar-refractivity contribution in [3.05, 3.63) is 48.3 Å². The van der Waals surface area contributed by atoms with Gasteiger partial charge in [-0.1, -0.05) is 6.07 Å². The molecule has 2 aromatic heterocycles. The maximum atomic E-state index is 12.6. The number of nitrogens with zero attached hydrogens (tertiary/aromatic N) is 5. The molecule has 2 aromatic rings. The van der Waals surface area contributed by atoms with Gasteiger partial charge >= 0.3 is 0 Å². The van der Waals surface area contributed by atoms with E-state index >= 15 is 0 Å². The zero-order chi connectivity index (χ0) is 17.6. The summed E-state index contributed by atoms with van der Waals surface area (Å²) in [6.07, 6.45) is 9.98. The molecule has 0 radical (unpaired) electrons. The number of likely N-dealkylation sites (tertiary alicyclic amines) is 1. The maximum Gasteiger partial charge on any atom is 0.227 e. The van der Waals surface area contributed by atoms with Crippen LogP contribution >= 0.6 is 0 Å². The van der Waals surface area contributed by atoms with E-state index in [0.717, 1.165) is 50.4 Å². The Hall–Kier alpha value is -2.21. The first-order valence-electron chi connectivity index (χ1n) is 8.96. The Morgan fingerprint density at radius 1 is 1.36 bits per heavy atom. The average molecular weight is 341 g/mol. The van der Waals surface area contributed by atoms with Crippen molar-refractivity contribution in [1.82, 2.24) is 24.3 Å². The van der Waals surface area contributed by atoms with Gasteiger partial charge in [-0.25, -0.2) is 4.98 Å². The quantitative estimate of drug-likeness (QED) is 0.804. The molecule has 0 spiro atoms. The molecule has 0 aromatic carbocycles. The van der Waals surface area contributed by atoms with E-state index in [4.69, 9.17) is 0 Å². The number of aromatic nitrogens is 3. The van der Waals surface area contributed by atoms with Gasteiger partial charge in [0.1, 0.15) is 5.82 Å². The topological polar surface area (TPSA) is 54.3 Å². The van der Waals surface area contributed by atoms with Crippen LogP contribution < -0.4 is 0 Å². The minimum absolute atomic E-state index is 0.184. The molecule has 1 amide bonds. The second kappa shape index (κ2) is 8.25. The first-order chi connectivity index (χ1) is 12.1. The Balaban J connectivity index is 1.63. The molecule has 1 fully saturated rings. The van der Waals surface area contributed by atoms with Gasteiger partial charge in [0, 0.05) is 56.9 Å². The fourth-order valence-electron chi connectivity index (χ4n) is 3.38. The van der Waals surface area contributed by atoms with Crippen LogP contribution in [0.2, 0.25) is 0 Å². The lowest BCUT2D eigenvalue weighted by Gasteiger charge is -2.33. The van der Waals surface area contributed by atoms with Gasteiger partial charge in [-0.2, -0.15) is 0 Å². The van der Waals surface area contributed by atoms with E-state index in [1.54, 1.807) is 12.4 Å². The van der Waals surface area contributed by atoms with Crippen LogP contribution in [-0.2, 0) is 17.8 Å². The highest BCUT2D eigenvalue weighted by atomic mass is 16.2. The van der Waals surface area contributed by atoms with Crippen molar-refractivity contribution in [3.63, 3.8) is 0 Å². The second-order valence-electron chi connectivity index (χ2n) is 7.00. The molecule has 1 saturated heterocycles. The highest BCUT2D eigenvalue weighted by Gasteiger charge is 2.27. The zero-order valence-electron chi connectivity index (χ0n) is 15.1. The number of carbonyl (C=O) groups is 1. The van der Waals surface area contributed by atoms with Crippen LogP contribution in [0.25, 0.3) is 0 Å². The third kappa shape index (κ3) is 4.66. The minimum Gasteiger partial charge on any atom is -0.342 e. The van der Waals surface area contributed by atoms with E-state index in [1.165, 1.54) is 0 Å². The summed E-state index contributed by atoms with van der Waals surface area (Å²) in [6, 6.07) is 3.84. The van der Waals surface area contributed by atoms with E-state index in [0.29, 0.717) is 12.3 Å². The molecule has 1 aliphatic rings. The van der Waals surface area contributed by atoms with Crippen LogP contribution in [0.4, 0.5) is 0 Å². The predicted octanol–water partition coefficient (Wildman–Crippen LogP) is 1.79. The summed E-state index contributed by atoms with van der Waals surface area (Å²) in [5.74, 6) is 1.62. The van der Waals surface area contributed by atoms with Crippen molar-refractivity contribution in [2.45, 2.75) is 31.7 Å². The third-order valence-electron chi connectivity index (χ3n) is 4.75. The number of likely N-dealkylation sites (N-methyl/N-ethyl adjacent to an activating group) is 1. The molecule has 0 bridgehead atoms. The number of piperidine rings is 1. The number of hydrogen-bond donors (Lipinski definition) is 0. The molecule has 134 valence electrons. The van der Waals surface area contributed by atoms with Crippen molar-refractivity contribution < 1.29 is 4.79 Å². The summed E-state index contributed by atoms with van der Waals surface area (Å²) in [6.45, 7) is 3.52. The number of rotatable bonds is 6. The molecule has 1 atom stereocenters. The molecule has 1 aliphatic heterocycles. The van der Waals surface area contributed by atoms with Gasteiger partial charge in [-0.05, 0) is 38.6 Å². The summed E-state index contributed by atoms with van der Waals surface area (Å²) in [4.78, 5) is 25.5. The van der Waals surface area contributed by atoms with E-state index in [1.807, 2.05) is 23.2 Å². The second-order valence-corrected chi connectivity index (χ2v) is 7.00. The van der Waals surface area contributed by atoms with Gasteiger partial charge in [0.15, 0.2) is 0 Å². The lowest BCUT2D eigenvalue weighted by Crippen LogP contribution is -2.40. The fraction of sp³-hybridized carbons (Fsp3) is 0.526. The molecule has 3 heterocycles. The lowest BCUT2D eigenvalue weighted by atomic mass is 9.96. The molecule has 6 nitrogen and oxygen atoms in total. The number of pyridine rings is 1. The standard InChI is InChI=1S/C19H27N5O/c1-22(2)11-12-23-10-8-21-19(23)17-6-4-9-24(15-17)18(25)13-16-5-3-7-20-14-16/h3,5,7-8,10,14,17H,4,6,9,11-13,15H2,1-2H3/t17-/m0/s1. The highest BCUT2D eigenvalue weighted by Crippen LogP contribution is 2.26.